The largest absolute Gasteiger partial charge is 0.489 e. The number of rotatable bonds is 6. The van der Waals surface area contributed by atoms with E-state index in [0.29, 0.717) is 16.8 Å². The van der Waals surface area contributed by atoms with Gasteiger partial charge in [-0.3, -0.25) is 0 Å². The van der Waals surface area contributed by atoms with Gasteiger partial charge in [0.05, 0.1) is 30.1 Å². The first-order chi connectivity index (χ1) is 14.2. The fourth-order valence-electron chi connectivity index (χ4n) is 3.35. The predicted molar refractivity (Wildman–Crippen MR) is 121 cm³/mol. The van der Waals surface area contributed by atoms with Gasteiger partial charge in [-0.15, -0.1) is 24.8 Å². The van der Waals surface area contributed by atoms with Gasteiger partial charge in [-0.2, -0.15) is 10.4 Å². The first-order valence-electron chi connectivity index (χ1n) is 9.45. The van der Waals surface area contributed by atoms with Crippen molar-refractivity contribution in [3.63, 3.8) is 0 Å². The van der Waals surface area contributed by atoms with Crippen LogP contribution >= 0.6 is 24.8 Å². The van der Waals surface area contributed by atoms with Crippen molar-refractivity contribution < 1.29 is 14.9 Å². The number of anilines is 1. The Morgan fingerprint density at radius 3 is 2.65 bits per heavy atom. The van der Waals surface area contributed by atoms with E-state index < -0.39 is 6.10 Å². The topological polar surface area (TPSA) is 119 Å². The van der Waals surface area contributed by atoms with Crippen LogP contribution in [0.4, 0.5) is 5.82 Å². The highest BCUT2D eigenvalue weighted by Crippen LogP contribution is 2.31. The second-order valence-corrected chi connectivity index (χ2v) is 6.84. The van der Waals surface area contributed by atoms with Crippen molar-refractivity contribution in [1.82, 2.24) is 19.9 Å². The van der Waals surface area contributed by atoms with Crippen molar-refractivity contribution in [2.45, 2.75) is 6.10 Å². The number of nitrogens with one attached hydrogen (secondary N) is 1. The first-order valence-corrected chi connectivity index (χ1v) is 9.45. The van der Waals surface area contributed by atoms with Gasteiger partial charge in [0.15, 0.2) is 0 Å². The van der Waals surface area contributed by atoms with Crippen molar-refractivity contribution in [3.8, 4) is 22.9 Å². The molecule has 11 heteroatoms. The second-order valence-electron chi connectivity index (χ2n) is 6.84. The monoisotopic (exact) mass is 466 g/mol. The number of aliphatic hydroxyl groups excluding tert-OH is 2. The third-order valence-electron chi connectivity index (χ3n) is 4.86. The number of nitrogens with zero attached hydrogens (tertiary/aromatic N) is 5. The maximum atomic E-state index is 9.56. The van der Waals surface area contributed by atoms with Gasteiger partial charge >= 0.3 is 0 Å². The fraction of sp³-hybridized carbons (Fsp3) is 0.350. The maximum absolute atomic E-state index is 9.56. The fourth-order valence-corrected chi connectivity index (χ4v) is 3.35. The number of aliphatic hydroxyl groups is 2. The van der Waals surface area contributed by atoms with E-state index in [1.807, 2.05) is 12.1 Å². The van der Waals surface area contributed by atoms with Gasteiger partial charge in [0.2, 0.25) is 0 Å². The van der Waals surface area contributed by atoms with E-state index in [1.54, 1.807) is 23.0 Å². The van der Waals surface area contributed by atoms with E-state index in [9.17, 15) is 10.4 Å². The number of halogens is 2. The highest BCUT2D eigenvalue weighted by Gasteiger charge is 2.16. The molecule has 3 N–H and O–H groups in total. The third kappa shape index (κ3) is 5.36. The lowest BCUT2D eigenvalue weighted by atomic mass is 10.1. The molecule has 0 radical (unpaired) electrons. The number of aromatic nitrogens is 3. The standard InChI is InChI=1S/C20H22N6O3.2ClH/c21-8-15-10-24-26-11-17(29-13-16(28)12-27)7-18(20(15)26)14-1-2-19(23-9-14)25-5-3-22-4-6-25;;/h1-2,7,9-11,16,22,27-28H,3-6,12-13H2;2*1H/t16-;;/m1../s1. The smallest absolute Gasteiger partial charge is 0.138 e. The minimum atomic E-state index is -0.971. The second kappa shape index (κ2) is 11.1. The van der Waals surface area contributed by atoms with Gasteiger partial charge in [-0.25, -0.2) is 9.50 Å². The van der Waals surface area contributed by atoms with Gasteiger partial charge in [-0.1, -0.05) is 0 Å². The van der Waals surface area contributed by atoms with Crippen LogP contribution in [0.3, 0.4) is 0 Å². The summed E-state index contributed by atoms with van der Waals surface area (Å²) < 4.78 is 7.18. The van der Waals surface area contributed by atoms with Gasteiger partial charge < -0.3 is 25.2 Å². The predicted octanol–water partition coefficient (Wildman–Crippen LogP) is 1.25. The van der Waals surface area contributed by atoms with Crippen molar-refractivity contribution in [2.24, 2.45) is 0 Å². The molecule has 1 atom stereocenters. The molecule has 1 saturated heterocycles. The van der Waals surface area contributed by atoms with Gasteiger partial charge in [0, 0.05) is 43.5 Å². The molecule has 3 aromatic heterocycles. The Labute approximate surface area is 192 Å². The maximum Gasteiger partial charge on any atom is 0.138 e. The Morgan fingerprint density at radius 1 is 1.23 bits per heavy atom. The molecule has 1 aliphatic heterocycles. The normalized spacial score (nSPS) is 14.3. The molecular weight excluding hydrogens is 443 g/mol. The first kappa shape index (κ1) is 24.7. The highest BCUT2D eigenvalue weighted by molar-refractivity contribution is 5.86. The molecule has 1 aliphatic rings. The van der Waals surface area contributed by atoms with Crippen molar-refractivity contribution in [1.29, 1.82) is 5.26 Å². The Hall–Kier alpha value is -2.61. The van der Waals surface area contributed by atoms with Crippen LogP contribution in [0.15, 0.2) is 36.8 Å². The van der Waals surface area contributed by atoms with E-state index in [-0.39, 0.29) is 38.0 Å². The van der Waals surface area contributed by atoms with Crippen LogP contribution < -0.4 is 15.0 Å². The zero-order valence-electron chi connectivity index (χ0n) is 16.6. The lowest BCUT2D eigenvalue weighted by Crippen LogP contribution is -2.43. The molecule has 0 amide bonds. The van der Waals surface area contributed by atoms with Crippen molar-refractivity contribution in [2.75, 3.05) is 44.3 Å². The van der Waals surface area contributed by atoms with E-state index >= 15 is 0 Å². The third-order valence-corrected chi connectivity index (χ3v) is 4.86. The number of hydrogen-bond acceptors (Lipinski definition) is 8. The molecule has 0 aliphatic carbocycles. The summed E-state index contributed by atoms with van der Waals surface area (Å²) in [5.74, 6) is 1.39. The summed E-state index contributed by atoms with van der Waals surface area (Å²) >= 11 is 0. The number of piperazine rings is 1. The molecule has 0 aromatic carbocycles. The molecule has 0 bridgehead atoms. The Kier molecular flexibility index (Phi) is 8.86. The summed E-state index contributed by atoms with van der Waals surface area (Å²) in [6.45, 7) is 3.26. The van der Waals surface area contributed by atoms with Crippen LogP contribution in [0.2, 0.25) is 0 Å². The molecule has 4 rings (SSSR count). The highest BCUT2D eigenvalue weighted by atomic mass is 35.5. The summed E-state index contributed by atoms with van der Waals surface area (Å²) in [5.41, 5.74) is 2.71. The molecule has 3 aromatic rings. The summed E-state index contributed by atoms with van der Waals surface area (Å²) in [7, 11) is 0. The lowest BCUT2D eigenvalue weighted by Gasteiger charge is -2.28. The average molecular weight is 467 g/mol. The minimum absolute atomic E-state index is 0. The number of ether oxygens (including phenoxy) is 1. The number of pyridine rings is 2. The molecule has 31 heavy (non-hydrogen) atoms. The summed E-state index contributed by atoms with van der Waals surface area (Å²) in [5, 5.41) is 35.6. The molecule has 0 unspecified atom stereocenters. The van der Waals surface area contributed by atoms with Gasteiger partial charge in [0.25, 0.3) is 0 Å². The van der Waals surface area contributed by atoms with Crippen LogP contribution in [-0.4, -0.2) is 70.3 Å². The summed E-state index contributed by atoms with van der Waals surface area (Å²) in [4.78, 5) is 6.84. The van der Waals surface area contributed by atoms with Crippen molar-refractivity contribution >= 4 is 36.1 Å². The summed E-state index contributed by atoms with van der Waals surface area (Å²) in [6.07, 6.45) is 3.97. The molecular formula is C20H24Cl2N6O3. The Morgan fingerprint density at radius 2 is 2.00 bits per heavy atom. The average Bonchev–Trinajstić information content (AvgIpc) is 3.20. The van der Waals surface area contributed by atoms with E-state index in [0.717, 1.165) is 43.1 Å². The minimum Gasteiger partial charge on any atom is -0.489 e. The molecule has 0 saturated carbocycles. The zero-order chi connectivity index (χ0) is 20.2. The van der Waals surface area contributed by atoms with Crippen LogP contribution in [0.25, 0.3) is 16.6 Å². The molecule has 0 spiro atoms. The van der Waals surface area contributed by atoms with E-state index in [4.69, 9.17) is 9.84 Å². The van der Waals surface area contributed by atoms with Gasteiger partial charge in [-0.05, 0) is 18.2 Å². The molecule has 4 heterocycles. The van der Waals surface area contributed by atoms with Crippen LogP contribution in [-0.2, 0) is 0 Å². The number of hydrogen-bond donors (Lipinski definition) is 3. The molecule has 9 nitrogen and oxygen atoms in total. The summed E-state index contributed by atoms with van der Waals surface area (Å²) in [6, 6.07) is 7.91. The number of fused-ring (bicyclic) bond motifs is 1. The SMILES string of the molecule is Cl.Cl.N#Cc1cnn2cc(OC[C@H](O)CO)cc(-c3ccc(N4CCNCC4)nc3)c12. The van der Waals surface area contributed by atoms with E-state index in [1.165, 1.54) is 6.20 Å². The van der Waals surface area contributed by atoms with Crippen LogP contribution in [0, 0.1) is 11.3 Å². The van der Waals surface area contributed by atoms with Crippen LogP contribution in [0.1, 0.15) is 5.56 Å². The van der Waals surface area contributed by atoms with Crippen LogP contribution in [0.5, 0.6) is 5.75 Å². The number of nitriles is 1. The van der Waals surface area contributed by atoms with Crippen molar-refractivity contribution in [3.05, 3.63) is 42.4 Å². The zero-order valence-corrected chi connectivity index (χ0v) is 18.3. The molecule has 166 valence electrons. The molecule has 1 fully saturated rings. The van der Waals surface area contributed by atoms with E-state index in [2.05, 4.69) is 26.4 Å². The lowest BCUT2D eigenvalue weighted by molar-refractivity contribution is 0.0534. The Bertz CT molecular complexity index is 1030. The Balaban J connectivity index is 0.00000171. The quantitative estimate of drug-likeness (QED) is 0.496. The van der Waals surface area contributed by atoms with Gasteiger partial charge in [0.1, 0.15) is 30.3 Å².